The number of phenolic OH excluding ortho intramolecular Hbond substituents is 1. The normalized spacial score (nSPS) is 17.2. The third-order valence-corrected chi connectivity index (χ3v) is 4.14. The standard InChI is InChI=1S/C16H21N3O2/c1-2-15-17-16(21-18-15)11-19-9-7-13(8-10-19)12-3-5-14(20)6-4-12/h3-6,13,20H,2,7-11H2,1H3. The van der Waals surface area contributed by atoms with Crippen LogP contribution in [-0.2, 0) is 13.0 Å². The van der Waals surface area contributed by atoms with Crippen LogP contribution in [0.1, 0.15) is 43.0 Å². The van der Waals surface area contributed by atoms with Crippen LogP contribution in [0.5, 0.6) is 5.75 Å². The van der Waals surface area contributed by atoms with Gasteiger partial charge in [-0.25, -0.2) is 0 Å². The fourth-order valence-corrected chi connectivity index (χ4v) is 2.86. The van der Waals surface area contributed by atoms with Crippen molar-refractivity contribution in [1.82, 2.24) is 15.0 Å². The molecule has 0 atom stereocenters. The fraction of sp³-hybridized carbons (Fsp3) is 0.500. The van der Waals surface area contributed by atoms with Crippen molar-refractivity contribution in [1.29, 1.82) is 0 Å². The van der Waals surface area contributed by atoms with E-state index in [1.165, 1.54) is 5.56 Å². The van der Waals surface area contributed by atoms with E-state index in [0.717, 1.165) is 50.6 Å². The van der Waals surface area contributed by atoms with Crippen molar-refractivity contribution in [2.45, 2.75) is 38.6 Å². The Hall–Kier alpha value is -1.88. The van der Waals surface area contributed by atoms with E-state index in [1.807, 2.05) is 19.1 Å². The van der Waals surface area contributed by atoms with Gasteiger partial charge in [-0.05, 0) is 49.5 Å². The van der Waals surface area contributed by atoms with Crippen molar-refractivity contribution in [2.75, 3.05) is 13.1 Å². The SMILES string of the molecule is CCc1noc(CN2CCC(c3ccc(O)cc3)CC2)n1. The van der Waals surface area contributed by atoms with Crippen molar-refractivity contribution in [3.63, 3.8) is 0 Å². The number of nitrogens with zero attached hydrogens (tertiary/aromatic N) is 3. The second-order valence-corrected chi connectivity index (χ2v) is 5.60. The molecule has 1 aromatic carbocycles. The zero-order valence-corrected chi connectivity index (χ0v) is 12.3. The second kappa shape index (κ2) is 6.26. The van der Waals surface area contributed by atoms with Crippen molar-refractivity contribution >= 4 is 0 Å². The molecule has 1 aromatic heterocycles. The van der Waals surface area contributed by atoms with Crippen LogP contribution in [0, 0.1) is 0 Å². The van der Waals surface area contributed by atoms with Gasteiger partial charge in [0.1, 0.15) is 5.75 Å². The molecule has 112 valence electrons. The quantitative estimate of drug-likeness (QED) is 0.936. The average Bonchev–Trinajstić information content (AvgIpc) is 2.97. The number of rotatable bonds is 4. The predicted octanol–water partition coefficient (Wildman–Crippen LogP) is 2.72. The number of likely N-dealkylation sites (tertiary alicyclic amines) is 1. The molecule has 0 bridgehead atoms. The fourth-order valence-electron chi connectivity index (χ4n) is 2.86. The van der Waals surface area contributed by atoms with Gasteiger partial charge in [0.05, 0.1) is 6.54 Å². The van der Waals surface area contributed by atoms with Crippen LogP contribution < -0.4 is 0 Å². The molecule has 2 heterocycles. The van der Waals surface area contributed by atoms with E-state index in [1.54, 1.807) is 12.1 Å². The number of benzene rings is 1. The molecule has 1 N–H and O–H groups in total. The molecule has 0 unspecified atom stereocenters. The van der Waals surface area contributed by atoms with E-state index in [2.05, 4.69) is 15.0 Å². The van der Waals surface area contributed by atoms with Gasteiger partial charge in [-0.1, -0.05) is 24.2 Å². The molecule has 0 radical (unpaired) electrons. The van der Waals surface area contributed by atoms with Crippen LogP contribution in [0.4, 0.5) is 0 Å². The van der Waals surface area contributed by atoms with Crippen LogP contribution in [0.3, 0.4) is 0 Å². The highest BCUT2D eigenvalue weighted by molar-refractivity contribution is 5.28. The number of piperidine rings is 1. The lowest BCUT2D eigenvalue weighted by molar-refractivity contribution is 0.181. The molecule has 1 aliphatic heterocycles. The van der Waals surface area contributed by atoms with E-state index >= 15 is 0 Å². The summed E-state index contributed by atoms with van der Waals surface area (Å²) >= 11 is 0. The van der Waals surface area contributed by atoms with Crippen LogP contribution >= 0.6 is 0 Å². The van der Waals surface area contributed by atoms with E-state index in [9.17, 15) is 5.11 Å². The zero-order valence-electron chi connectivity index (χ0n) is 12.3. The number of phenols is 1. The highest BCUT2D eigenvalue weighted by atomic mass is 16.5. The summed E-state index contributed by atoms with van der Waals surface area (Å²) in [5.74, 6) is 2.41. The van der Waals surface area contributed by atoms with E-state index in [4.69, 9.17) is 4.52 Å². The molecule has 21 heavy (non-hydrogen) atoms. The average molecular weight is 287 g/mol. The summed E-state index contributed by atoms with van der Waals surface area (Å²) in [5, 5.41) is 13.3. The van der Waals surface area contributed by atoms with Crippen molar-refractivity contribution < 1.29 is 9.63 Å². The van der Waals surface area contributed by atoms with Crippen LogP contribution in [0.15, 0.2) is 28.8 Å². The lowest BCUT2D eigenvalue weighted by Gasteiger charge is -2.31. The van der Waals surface area contributed by atoms with Gasteiger partial charge in [-0.2, -0.15) is 4.98 Å². The van der Waals surface area contributed by atoms with Gasteiger partial charge < -0.3 is 9.63 Å². The number of hydrogen-bond acceptors (Lipinski definition) is 5. The molecule has 2 aromatic rings. The Kier molecular flexibility index (Phi) is 4.20. The van der Waals surface area contributed by atoms with Gasteiger partial charge in [0, 0.05) is 6.42 Å². The maximum absolute atomic E-state index is 9.35. The molecule has 5 heteroatoms. The number of hydrogen-bond donors (Lipinski definition) is 1. The van der Waals surface area contributed by atoms with Gasteiger partial charge in [-0.3, -0.25) is 4.90 Å². The Morgan fingerprint density at radius 1 is 1.24 bits per heavy atom. The molecule has 0 aliphatic carbocycles. The first-order chi connectivity index (χ1) is 10.2. The summed E-state index contributed by atoms with van der Waals surface area (Å²) in [5.41, 5.74) is 1.32. The molecule has 0 amide bonds. The lowest BCUT2D eigenvalue weighted by Crippen LogP contribution is -2.32. The van der Waals surface area contributed by atoms with E-state index in [-0.39, 0.29) is 0 Å². The zero-order chi connectivity index (χ0) is 14.7. The first kappa shape index (κ1) is 14.1. The van der Waals surface area contributed by atoms with Gasteiger partial charge >= 0.3 is 0 Å². The van der Waals surface area contributed by atoms with Crippen LogP contribution in [0.2, 0.25) is 0 Å². The van der Waals surface area contributed by atoms with E-state index in [0.29, 0.717) is 11.7 Å². The topological polar surface area (TPSA) is 62.4 Å². The van der Waals surface area contributed by atoms with Gasteiger partial charge in [0.2, 0.25) is 5.89 Å². The third kappa shape index (κ3) is 3.42. The van der Waals surface area contributed by atoms with E-state index < -0.39 is 0 Å². The molecule has 1 fully saturated rings. The first-order valence-corrected chi connectivity index (χ1v) is 7.57. The Labute approximate surface area is 124 Å². The molecule has 0 spiro atoms. The maximum atomic E-state index is 9.35. The summed E-state index contributed by atoms with van der Waals surface area (Å²) in [6.45, 7) is 4.85. The summed E-state index contributed by atoms with van der Waals surface area (Å²) < 4.78 is 5.25. The van der Waals surface area contributed by atoms with Crippen molar-refractivity contribution in [2.24, 2.45) is 0 Å². The number of aromatic hydroxyl groups is 1. The number of aromatic nitrogens is 2. The predicted molar refractivity (Wildman–Crippen MR) is 79.0 cm³/mol. The largest absolute Gasteiger partial charge is 0.508 e. The van der Waals surface area contributed by atoms with Gasteiger partial charge in [0.25, 0.3) is 0 Å². The Morgan fingerprint density at radius 3 is 2.57 bits per heavy atom. The third-order valence-electron chi connectivity index (χ3n) is 4.14. The minimum Gasteiger partial charge on any atom is -0.508 e. The summed E-state index contributed by atoms with van der Waals surface area (Å²) in [7, 11) is 0. The molecular weight excluding hydrogens is 266 g/mol. The minimum atomic E-state index is 0.333. The first-order valence-electron chi connectivity index (χ1n) is 7.57. The Morgan fingerprint density at radius 2 is 1.95 bits per heavy atom. The molecule has 1 aliphatic rings. The van der Waals surface area contributed by atoms with Crippen molar-refractivity contribution in [3.8, 4) is 5.75 Å². The van der Waals surface area contributed by atoms with Crippen LogP contribution in [-0.4, -0.2) is 33.2 Å². The Balaban J connectivity index is 1.54. The van der Waals surface area contributed by atoms with Gasteiger partial charge in [0.15, 0.2) is 5.82 Å². The molecule has 0 saturated carbocycles. The summed E-state index contributed by atoms with van der Waals surface area (Å²) in [6, 6.07) is 7.60. The number of aryl methyl sites for hydroxylation is 1. The molecule has 3 rings (SSSR count). The summed E-state index contributed by atoms with van der Waals surface area (Å²) in [6.07, 6.45) is 3.06. The van der Waals surface area contributed by atoms with Crippen molar-refractivity contribution in [3.05, 3.63) is 41.5 Å². The Bertz CT molecular complexity index is 571. The van der Waals surface area contributed by atoms with Gasteiger partial charge in [-0.15, -0.1) is 0 Å². The molecule has 5 nitrogen and oxygen atoms in total. The second-order valence-electron chi connectivity index (χ2n) is 5.60. The highest BCUT2D eigenvalue weighted by Crippen LogP contribution is 2.29. The summed E-state index contributed by atoms with van der Waals surface area (Å²) in [4.78, 5) is 6.73. The maximum Gasteiger partial charge on any atom is 0.240 e. The lowest BCUT2D eigenvalue weighted by atomic mass is 9.89. The monoisotopic (exact) mass is 287 g/mol. The molecular formula is C16H21N3O2. The highest BCUT2D eigenvalue weighted by Gasteiger charge is 2.22. The van der Waals surface area contributed by atoms with Crippen LogP contribution in [0.25, 0.3) is 0 Å². The molecule has 1 saturated heterocycles. The smallest absolute Gasteiger partial charge is 0.240 e. The minimum absolute atomic E-state index is 0.333.